The van der Waals surface area contributed by atoms with E-state index in [-0.39, 0.29) is 53.6 Å². The molecule has 1 unspecified atom stereocenters. The van der Waals surface area contributed by atoms with Crippen LogP contribution in [0.4, 0.5) is 4.79 Å². The largest absolute Gasteiger partial charge is 0.453 e. The number of aromatic nitrogens is 4. The van der Waals surface area contributed by atoms with Crippen molar-refractivity contribution in [1.82, 2.24) is 40.4 Å². The Bertz CT molecular complexity index is 2360. The zero-order valence-corrected chi connectivity index (χ0v) is 36.0. The molecule has 324 valence electrons. The standard InChI is InChI=1S/C48H56N8O6/c1-28(2)41(54-48(60)62-5)47(59)56-29(3)11-22-39(56)43-49-24-37(51-43)33-16-12-31(13-17-33)32-14-18-34(19-15-32)38-25-50-44(52-38)40-23-30(27-61-4)26-55(40)46(58)42(35-9-7-6-8-10-35)53-45(57)36-20-21-36/h6-10,12-19,24-25,28-30,36,39-42H,11,20-23,26-27H2,1-5H3,(H,49,51)(H,50,52)(H,53,57)(H,54,60)/t29?,30-,39-,40-,41-,42+/m0/s1. The Labute approximate surface area is 362 Å². The van der Waals surface area contributed by atoms with E-state index in [2.05, 4.69) is 69.1 Å². The molecule has 14 nitrogen and oxygen atoms in total. The molecule has 2 aromatic heterocycles. The Morgan fingerprint density at radius 1 is 0.742 bits per heavy atom. The van der Waals surface area contributed by atoms with Gasteiger partial charge in [0.2, 0.25) is 17.7 Å². The van der Waals surface area contributed by atoms with E-state index in [0.29, 0.717) is 25.4 Å². The van der Waals surface area contributed by atoms with Crippen LogP contribution in [-0.2, 0) is 23.9 Å². The highest BCUT2D eigenvalue weighted by molar-refractivity contribution is 5.91. The number of ether oxygens (including phenoxy) is 2. The van der Waals surface area contributed by atoms with E-state index in [1.165, 1.54) is 7.11 Å². The molecule has 3 aliphatic rings. The van der Waals surface area contributed by atoms with Gasteiger partial charge in [-0.2, -0.15) is 0 Å². The van der Waals surface area contributed by atoms with Crippen LogP contribution >= 0.6 is 0 Å². The molecule has 0 spiro atoms. The third-order valence-corrected chi connectivity index (χ3v) is 12.5. The Morgan fingerprint density at radius 3 is 1.87 bits per heavy atom. The lowest BCUT2D eigenvalue weighted by Crippen LogP contribution is -2.52. The lowest BCUT2D eigenvalue weighted by molar-refractivity contribution is -0.138. The first-order chi connectivity index (χ1) is 30.0. The summed E-state index contributed by atoms with van der Waals surface area (Å²) in [5.74, 6) is 1.02. The monoisotopic (exact) mass is 840 g/mol. The van der Waals surface area contributed by atoms with Gasteiger partial charge in [-0.25, -0.2) is 14.8 Å². The van der Waals surface area contributed by atoms with Gasteiger partial charge >= 0.3 is 6.09 Å². The van der Waals surface area contributed by atoms with Gasteiger partial charge in [0, 0.05) is 31.5 Å². The van der Waals surface area contributed by atoms with Gasteiger partial charge in [-0.3, -0.25) is 14.4 Å². The van der Waals surface area contributed by atoms with Crippen LogP contribution in [0.25, 0.3) is 33.6 Å². The van der Waals surface area contributed by atoms with E-state index in [0.717, 1.165) is 70.7 Å². The highest BCUT2D eigenvalue weighted by atomic mass is 16.5. The molecule has 3 fully saturated rings. The van der Waals surface area contributed by atoms with Crippen LogP contribution in [0.3, 0.4) is 0 Å². The molecular formula is C48H56N8O6. The average molecular weight is 841 g/mol. The van der Waals surface area contributed by atoms with Crippen LogP contribution in [0.1, 0.15) is 88.2 Å². The van der Waals surface area contributed by atoms with Gasteiger partial charge in [0.1, 0.15) is 23.7 Å². The fourth-order valence-corrected chi connectivity index (χ4v) is 8.96. The number of nitrogens with one attached hydrogen (secondary N) is 4. The van der Waals surface area contributed by atoms with Crippen molar-refractivity contribution in [3.63, 3.8) is 0 Å². The maximum atomic E-state index is 14.4. The molecule has 4 heterocycles. The molecule has 2 saturated heterocycles. The number of hydrogen-bond donors (Lipinski definition) is 4. The topological polar surface area (TPSA) is 175 Å². The number of benzene rings is 3. The highest BCUT2D eigenvalue weighted by Gasteiger charge is 2.43. The van der Waals surface area contributed by atoms with Gasteiger partial charge in [0.05, 0.1) is 49.6 Å². The lowest BCUT2D eigenvalue weighted by atomic mass is 10.0. The molecule has 1 saturated carbocycles. The minimum absolute atomic E-state index is 0.00370. The molecule has 5 aromatic rings. The van der Waals surface area contributed by atoms with Crippen molar-refractivity contribution in [3.05, 3.63) is 108 Å². The fourth-order valence-electron chi connectivity index (χ4n) is 8.96. The maximum Gasteiger partial charge on any atom is 0.407 e. The number of carbonyl (C=O) groups excluding carboxylic acids is 4. The Morgan fingerprint density at radius 2 is 1.32 bits per heavy atom. The molecular weight excluding hydrogens is 785 g/mol. The number of alkyl carbamates (subject to hydrolysis) is 1. The minimum Gasteiger partial charge on any atom is -0.453 e. The number of rotatable bonds is 14. The van der Waals surface area contributed by atoms with Crippen LogP contribution in [0.15, 0.2) is 91.3 Å². The van der Waals surface area contributed by atoms with Crippen molar-refractivity contribution in [3.8, 4) is 33.6 Å². The Hall–Kier alpha value is -6.28. The number of nitrogens with zero attached hydrogens (tertiary/aromatic N) is 4. The number of amides is 4. The second-order valence-electron chi connectivity index (χ2n) is 17.3. The van der Waals surface area contributed by atoms with E-state index in [1.807, 2.05) is 73.3 Å². The zero-order chi connectivity index (χ0) is 43.5. The molecule has 6 atom stereocenters. The summed E-state index contributed by atoms with van der Waals surface area (Å²) >= 11 is 0. The summed E-state index contributed by atoms with van der Waals surface area (Å²) in [5, 5.41) is 5.78. The summed E-state index contributed by atoms with van der Waals surface area (Å²) in [6.45, 7) is 6.86. The van der Waals surface area contributed by atoms with E-state index in [9.17, 15) is 19.2 Å². The summed E-state index contributed by atoms with van der Waals surface area (Å²) in [4.78, 5) is 73.4. The minimum atomic E-state index is -0.785. The predicted molar refractivity (Wildman–Crippen MR) is 234 cm³/mol. The average Bonchev–Trinajstić information content (AvgIpc) is 3.60. The smallest absolute Gasteiger partial charge is 0.407 e. The molecule has 62 heavy (non-hydrogen) atoms. The molecule has 4 N–H and O–H groups in total. The number of hydrogen-bond acceptors (Lipinski definition) is 8. The van der Waals surface area contributed by atoms with Gasteiger partial charge in [-0.15, -0.1) is 0 Å². The van der Waals surface area contributed by atoms with Gasteiger partial charge in [0.15, 0.2) is 0 Å². The third kappa shape index (κ3) is 9.01. The second kappa shape index (κ2) is 18.4. The van der Waals surface area contributed by atoms with Crippen molar-refractivity contribution >= 4 is 23.8 Å². The first kappa shape index (κ1) is 42.4. The first-order valence-corrected chi connectivity index (χ1v) is 21.6. The van der Waals surface area contributed by atoms with Crippen LogP contribution in [0.5, 0.6) is 0 Å². The van der Waals surface area contributed by atoms with E-state index < -0.39 is 18.2 Å². The summed E-state index contributed by atoms with van der Waals surface area (Å²) in [6, 6.07) is 24.0. The molecule has 2 aliphatic heterocycles. The van der Waals surface area contributed by atoms with Gasteiger partial charge in [-0.1, -0.05) is 92.7 Å². The van der Waals surface area contributed by atoms with Crippen molar-refractivity contribution in [2.75, 3.05) is 27.4 Å². The number of carbonyl (C=O) groups is 4. The Balaban J connectivity index is 0.950. The summed E-state index contributed by atoms with van der Waals surface area (Å²) in [5.41, 5.74) is 6.49. The zero-order valence-electron chi connectivity index (χ0n) is 36.0. The molecule has 0 radical (unpaired) electrons. The van der Waals surface area contributed by atoms with Gasteiger partial charge in [0.25, 0.3) is 0 Å². The maximum absolute atomic E-state index is 14.4. The van der Waals surface area contributed by atoms with E-state index >= 15 is 0 Å². The summed E-state index contributed by atoms with van der Waals surface area (Å²) in [6.07, 6.45) is 6.99. The van der Waals surface area contributed by atoms with Crippen molar-refractivity contribution in [2.45, 2.75) is 83.1 Å². The number of likely N-dealkylation sites (tertiary alicyclic amines) is 2. The summed E-state index contributed by atoms with van der Waals surface area (Å²) < 4.78 is 10.3. The molecule has 14 heteroatoms. The van der Waals surface area contributed by atoms with E-state index in [4.69, 9.17) is 19.4 Å². The molecule has 0 bridgehead atoms. The SMILES string of the molecule is COC[C@H]1C[C@@H](c2ncc(-c3ccc(-c4ccc(-c5cnc([C@@H]6CCC(C)N6C(=O)[C@@H](NC(=O)OC)C(C)C)[nH]5)cc4)cc3)[nH]2)N(C(=O)[C@H](NC(=O)C2CC2)c2ccccc2)C1. The fraction of sp³-hybridized carbons (Fsp3) is 0.417. The molecule has 8 rings (SSSR count). The third-order valence-electron chi connectivity index (χ3n) is 12.5. The second-order valence-corrected chi connectivity index (χ2v) is 17.3. The number of methoxy groups -OCH3 is 2. The quantitative estimate of drug-likeness (QED) is 0.0897. The van der Waals surface area contributed by atoms with Crippen molar-refractivity contribution < 1.29 is 28.7 Å². The van der Waals surface area contributed by atoms with Crippen LogP contribution in [0.2, 0.25) is 0 Å². The van der Waals surface area contributed by atoms with Crippen molar-refractivity contribution in [2.24, 2.45) is 17.8 Å². The number of imidazole rings is 2. The highest BCUT2D eigenvalue weighted by Crippen LogP contribution is 2.39. The molecule has 3 aromatic carbocycles. The normalized spacial score (nSPS) is 20.9. The lowest BCUT2D eigenvalue weighted by Gasteiger charge is -2.32. The number of H-pyrrole nitrogens is 2. The van der Waals surface area contributed by atoms with Gasteiger partial charge in [-0.05, 0) is 72.8 Å². The number of aromatic amines is 2. The Kier molecular flexibility index (Phi) is 12.6. The molecule has 1 aliphatic carbocycles. The van der Waals surface area contributed by atoms with Crippen LogP contribution < -0.4 is 10.6 Å². The van der Waals surface area contributed by atoms with Crippen LogP contribution in [-0.4, -0.2) is 93.0 Å². The first-order valence-electron chi connectivity index (χ1n) is 21.6. The van der Waals surface area contributed by atoms with Crippen LogP contribution in [0, 0.1) is 17.8 Å². The van der Waals surface area contributed by atoms with Gasteiger partial charge < -0.3 is 39.9 Å². The summed E-state index contributed by atoms with van der Waals surface area (Å²) in [7, 11) is 2.97. The van der Waals surface area contributed by atoms with Crippen molar-refractivity contribution in [1.29, 1.82) is 0 Å². The van der Waals surface area contributed by atoms with E-state index in [1.54, 1.807) is 7.11 Å². The molecule has 4 amide bonds. The predicted octanol–water partition coefficient (Wildman–Crippen LogP) is 7.37.